The lowest BCUT2D eigenvalue weighted by Gasteiger charge is -2.11. The van der Waals surface area contributed by atoms with E-state index in [0.29, 0.717) is 28.6 Å². The second-order valence-corrected chi connectivity index (χ2v) is 6.31. The Balaban J connectivity index is 1.81. The van der Waals surface area contributed by atoms with Crippen molar-refractivity contribution in [2.75, 3.05) is 20.3 Å². The van der Waals surface area contributed by atoms with E-state index in [0.717, 1.165) is 11.1 Å². The van der Waals surface area contributed by atoms with Crippen LogP contribution in [-0.2, 0) is 4.79 Å². The van der Waals surface area contributed by atoms with E-state index >= 15 is 0 Å². The van der Waals surface area contributed by atoms with Crippen LogP contribution in [0, 0.1) is 4.77 Å². The van der Waals surface area contributed by atoms with Gasteiger partial charge in [-0.2, -0.15) is 14.9 Å². The molecule has 3 rings (SSSR count). The summed E-state index contributed by atoms with van der Waals surface area (Å²) in [6.45, 7) is 2.32. The maximum atomic E-state index is 11.6. The van der Waals surface area contributed by atoms with Crippen LogP contribution in [0.15, 0.2) is 53.6 Å². The molecule has 0 saturated carbocycles. The molecule has 1 aromatic heterocycles. The Morgan fingerprint density at radius 2 is 2.07 bits per heavy atom. The summed E-state index contributed by atoms with van der Waals surface area (Å²) in [5.41, 5.74) is 1.66. The van der Waals surface area contributed by atoms with Gasteiger partial charge in [0, 0.05) is 12.1 Å². The number of benzene rings is 2. The Hall–Kier alpha value is -3.46. The van der Waals surface area contributed by atoms with E-state index in [2.05, 4.69) is 20.6 Å². The standard InChI is InChI=1S/C20H21N5O3S/c1-3-21-18(26)13-28-16-10-9-14(11-17(16)27-2)12-22-25-19(23-24-20(25)29)15-7-5-4-6-8-15/h4-12H,3,13H2,1-2H3,(H,21,26)(H,24,29)/b22-12+. The van der Waals surface area contributed by atoms with E-state index in [4.69, 9.17) is 21.7 Å². The van der Waals surface area contributed by atoms with Gasteiger partial charge in [-0.3, -0.25) is 4.79 Å². The Morgan fingerprint density at radius 1 is 1.28 bits per heavy atom. The summed E-state index contributed by atoms with van der Waals surface area (Å²) < 4.78 is 12.8. The van der Waals surface area contributed by atoms with Crippen molar-refractivity contribution in [2.24, 2.45) is 5.10 Å². The second kappa shape index (κ2) is 9.65. The molecule has 8 nitrogen and oxygen atoms in total. The van der Waals surface area contributed by atoms with Crippen molar-refractivity contribution in [3.05, 3.63) is 58.9 Å². The quantitative estimate of drug-likeness (QED) is 0.439. The zero-order valence-electron chi connectivity index (χ0n) is 16.1. The number of nitrogens with one attached hydrogen (secondary N) is 2. The molecule has 3 aromatic rings. The van der Waals surface area contributed by atoms with E-state index in [9.17, 15) is 4.79 Å². The molecule has 0 bridgehead atoms. The van der Waals surface area contributed by atoms with E-state index < -0.39 is 0 Å². The first-order valence-electron chi connectivity index (χ1n) is 8.97. The summed E-state index contributed by atoms with van der Waals surface area (Å²) in [7, 11) is 1.54. The van der Waals surface area contributed by atoms with Crippen LogP contribution in [0.25, 0.3) is 11.4 Å². The van der Waals surface area contributed by atoms with Crippen LogP contribution in [-0.4, -0.2) is 47.3 Å². The maximum Gasteiger partial charge on any atom is 0.257 e. The highest BCUT2D eigenvalue weighted by Crippen LogP contribution is 2.27. The molecule has 29 heavy (non-hydrogen) atoms. The molecule has 0 aliphatic heterocycles. The molecule has 2 N–H and O–H groups in total. The molecule has 1 heterocycles. The number of carbonyl (C=O) groups is 1. The summed E-state index contributed by atoms with van der Waals surface area (Å²) in [6.07, 6.45) is 1.65. The van der Waals surface area contributed by atoms with E-state index in [1.165, 1.54) is 7.11 Å². The van der Waals surface area contributed by atoms with Crippen LogP contribution >= 0.6 is 12.2 Å². The Labute approximate surface area is 173 Å². The van der Waals surface area contributed by atoms with Gasteiger partial charge in [0.25, 0.3) is 5.91 Å². The molecule has 0 aliphatic rings. The average Bonchev–Trinajstić information content (AvgIpc) is 3.12. The third-order valence-corrected chi connectivity index (χ3v) is 4.19. The number of hydrogen-bond donors (Lipinski definition) is 2. The number of amides is 1. The number of likely N-dealkylation sites (N-methyl/N-ethyl adjacent to an activating group) is 1. The molecule has 0 spiro atoms. The highest BCUT2D eigenvalue weighted by Gasteiger charge is 2.09. The number of H-pyrrole nitrogens is 1. The normalized spacial score (nSPS) is 10.8. The number of carbonyl (C=O) groups excluding carboxylic acids is 1. The highest BCUT2D eigenvalue weighted by atomic mass is 32.1. The van der Waals surface area contributed by atoms with Gasteiger partial charge in [0.05, 0.1) is 13.3 Å². The summed E-state index contributed by atoms with van der Waals surface area (Å²) in [6, 6.07) is 14.9. The summed E-state index contributed by atoms with van der Waals surface area (Å²) >= 11 is 5.29. The van der Waals surface area contributed by atoms with Crippen molar-refractivity contribution >= 4 is 24.3 Å². The minimum absolute atomic E-state index is 0.0811. The lowest BCUT2D eigenvalue weighted by molar-refractivity contribution is -0.123. The van der Waals surface area contributed by atoms with Gasteiger partial charge in [0.1, 0.15) is 0 Å². The van der Waals surface area contributed by atoms with Gasteiger partial charge >= 0.3 is 0 Å². The van der Waals surface area contributed by atoms with Gasteiger partial charge in [-0.25, -0.2) is 5.10 Å². The van der Waals surface area contributed by atoms with Crippen LogP contribution in [0.2, 0.25) is 0 Å². The molecule has 0 radical (unpaired) electrons. The fourth-order valence-corrected chi connectivity index (χ4v) is 2.75. The number of methoxy groups -OCH3 is 1. The van der Waals surface area contributed by atoms with Crippen molar-refractivity contribution < 1.29 is 14.3 Å². The molecule has 9 heteroatoms. The molecule has 0 atom stereocenters. The summed E-state index contributed by atoms with van der Waals surface area (Å²) in [4.78, 5) is 11.6. The monoisotopic (exact) mass is 411 g/mol. The number of aromatic nitrogens is 3. The Morgan fingerprint density at radius 3 is 2.79 bits per heavy atom. The van der Waals surface area contributed by atoms with Gasteiger partial charge in [-0.05, 0) is 42.9 Å². The minimum atomic E-state index is -0.192. The van der Waals surface area contributed by atoms with Gasteiger partial charge in [0.2, 0.25) is 4.77 Å². The Kier molecular flexibility index (Phi) is 6.75. The number of rotatable bonds is 8. The molecule has 0 unspecified atom stereocenters. The molecule has 1 amide bonds. The molecular formula is C20H21N5O3S. The van der Waals surface area contributed by atoms with Gasteiger partial charge < -0.3 is 14.8 Å². The molecule has 2 aromatic carbocycles. The third kappa shape index (κ3) is 5.08. The zero-order chi connectivity index (χ0) is 20.6. The molecule has 0 aliphatic carbocycles. The first-order chi connectivity index (χ1) is 14.1. The summed E-state index contributed by atoms with van der Waals surface area (Å²) in [5, 5.41) is 14.1. The SMILES string of the molecule is CCNC(=O)COc1ccc(/C=N/n2c(-c3ccccc3)n[nH]c2=S)cc1OC. The van der Waals surface area contributed by atoms with Crippen LogP contribution in [0.4, 0.5) is 0 Å². The van der Waals surface area contributed by atoms with Crippen molar-refractivity contribution in [1.29, 1.82) is 0 Å². The van der Waals surface area contributed by atoms with Crippen molar-refractivity contribution in [3.63, 3.8) is 0 Å². The van der Waals surface area contributed by atoms with Crippen LogP contribution < -0.4 is 14.8 Å². The summed E-state index contributed by atoms with van der Waals surface area (Å²) in [5.74, 6) is 1.39. The van der Waals surface area contributed by atoms with Crippen LogP contribution in [0.1, 0.15) is 12.5 Å². The number of ether oxygens (including phenoxy) is 2. The fraction of sp³-hybridized carbons (Fsp3) is 0.200. The Bertz CT molecular complexity index is 1060. The first kappa shape index (κ1) is 20.3. The van der Waals surface area contributed by atoms with E-state index in [-0.39, 0.29) is 12.5 Å². The lowest BCUT2D eigenvalue weighted by Crippen LogP contribution is -2.28. The van der Waals surface area contributed by atoms with Crippen molar-refractivity contribution in [2.45, 2.75) is 6.92 Å². The topological polar surface area (TPSA) is 93.5 Å². The number of aromatic amines is 1. The molecule has 150 valence electrons. The zero-order valence-corrected chi connectivity index (χ0v) is 16.9. The predicted octanol–water partition coefficient (Wildman–Crippen LogP) is 3.01. The lowest BCUT2D eigenvalue weighted by atomic mass is 10.2. The van der Waals surface area contributed by atoms with Crippen molar-refractivity contribution in [1.82, 2.24) is 20.2 Å². The smallest absolute Gasteiger partial charge is 0.257 e. The third-order valence-electron chi connectivity index (χ3n) is 3.93. The highest BCUT2D eigenvalue weighted by molar-refractivity contribution is 7.71. The van der Waals surface area contributed by atoms with Gasteiger partial charge in [-0.15, -0.1) is 0 Å². The molecule has 0 saturated heterocycles. The average molecular weight is 411 g/mol. The van der Waals surface area contributed by atoms with Gasteiger partial charge in [-0.1, -0.05) is 30.3 Å². The predicted molar refractivity (Wildman–Crippen MR) is 113 cm³/mol. The second-order valence-electron chi connectivity index (χ2n) is 5.93. The number of nitrogens with zero attached hydrogens (tertiary/aromatic N) is 3. The number of hydrogen-bond acceptors (Lipinski definition) is 6. The first-order valence-corrected chi connectivity index (χ1v) is 9.38. The van der Waals surface area contributed by atoms with Gasteiger partial charge in [0.15, 0.2) is 23.9 Å². The molecular weight excluding hydrogens is 390 g/mol. The minimum Gasteiger partial charge on any atom is -0.493 e. The van der Waals surface area contributed by atoms with E-state index in [1.807, 2.05) is 43.3 Å². The van der Waals surface area contributed by atoms with Crippen LogP contribution in [0.5, 0.6) is 11.5 Å². The van der Waals surface area contributed by atoms with Crippen molar-refractivity contribution in [3.8, 4) is 22.9 Å². The van der Waals surface area contributed by atoms with E-state index in [1.54, 1.807) is 23.0 Å². The fourth-order valence-electron chi connectivity index (χ4n) is 2.57. The molecule has 0 fully saturated rings. The maximum absolute atomic E-state index is 11.6. The van der Waals surface area contributed by atoms with Crippen LogP contribution in [0.3, 0.4) is 0 Å². The largest absolute Gasteiger partial charge is 0.493 e.